The number of hydrogen-bond acceptors (Lipinski definition) is 3. The number of methoxy groups -OCH3 is 1. The van der Waals surface area contributed by atoms with Crippen LogP contribution in [0.3, 0.4) is 0 Å². The average molecular weight is 206 g/mol. The predicted molar refractivity (Wildman–Crippen MR) is 46.7 cm³/mol. The Morgan fingerprint density at radius 1 is 1.69 bits per heavy atom. The van der Waals surface area contributed by atoms with E-state index in [1.807, 2.05) is 0 Å². The van der Waals surface area contributed by atoms with E-state index in [4.69, 9.17) is 16.3 Å². The summed E-state index contributed by atoms with van der Waals surface area (Å²) in [5.74, 6) is 0.151. The van der Waals surface area contributed by atoms with Crippen LogP contribution in [-0.4, -0.2) is 23.9 Å². The summed E-state index contributed by atoms with van der Waals surface area (Å²) >= 11 is 5.58. The number of aliphatic hydroxyl groups excluding tert-OH is 1. The molecule has 1 unspecified atom stereocenters. The van der Waals surface area contributed by atoms with Crippen molar-refractivity contribution in [2.24, 2.45) is 0 Å². The molecule has 0 saturated heterocycles. The van der Waals surface area contributed by atoms with Crippen molar-refractivity contribution in [2.75, 3.05) is 13.8 Å². The second-order valence-electron chi connectivity index (χ2n) is 2.40. The largest absolute Gasteiger partial charge is 0.481 e. The fourth-order valence-corrected chi connectivity index (χ4v) is 1.07. The first-order valence-electron chi connectivity index (χ1n) is 3.63. The first-order chi connectivity index (χ1) is 6.19. The van der Waals surface area contributed by atoms with Crippen LogP contribution in [-0.2, 0) is 0 Å². The first-order valence-corrected chi connectivity index (χ1v) is 4.01. The molecule has 1 aromatic rings. The summed E-state index contributed by atoms with van der Waals surface area (Å²) in [4.78, 5) is 3.78. The van der Waals surface area contributed by atoms with E-state index in [-0.39, 0.29) is 11.0 Å². The summed E-state index contributed by atoms with van der Waals surface area (Å²) in [6.45, 7) is -0.875. The van der Waals surface area contributed by atoms with Gasteiger partial charge in [0.1, 0.15) is 17.9 Å². The standard InChI is InChI=1S/C8H9ClFNO2/c1-13-8-5(6(12)4-10)2-3-7(9)11-8/h2-3,6,12H,4H2,1H3. The Morgan fingerprint density at radius 3 is 2.92 bits per heavy atom. The Hall–Kier alpha value is -0.870. The van der Waals surface area contributed by atoms with Crippen LogP contribution in [0, 0.1) is 0 Å². The lowest BCUT2D eigenvalue weighted by Crippen LogP contribution is -2.03. The molecule has 0 aliphatic carbocycles. The van der Waals surface area contributed by atoms with Crippen molar-refractivity contribution in [3.05, 3.63) is 22.8 Å². The van der Waals surface area contributed by atoms with Crippen molar-refractivity contribution in [2.45, 2.75) is 6.10 Å². The maximum atomic E-state index is 12.1. The van der Waals surface area contributed by atoms with E-state index in [2.05, 4.69) is 4.98 Å². The number of halogens is 2. The molecule has 0 fully saturated rings. The van der Waals surface area contributed by atoms with Crippen molar-refractivity contribution in [3.8, 4) is 5.88 Å². The zero-order valence-electron chi connectivity index (χ0n) is 7.00. The molecule has 1 aromatic heterocycles. The number of ether oxygens (including phenoxy) is 1. The monoisotopic (exact) mass is 205 g/mol. The van der Waals surface area contributed by atoms with Crippen molar-refractivity contribution in [1.29, 1.82) is 0 Å². The van der Waals surface area contributed by atoms with Gasteiger partial charge in [0, 0.05) is 5.56 Å². The first kappa shape index (κ1) is 10.2. The third kappa shape index (κ3) is 2.29. The molecule has 0 amide bonds. The van der Waals surface area contributed by atoms with Gasteiger partial charge >= 0.3 is 0 Å². The molecule has 13 heavy (non-hydrogen) atoms. The second-order valence-corrected chi connectivity index (χ2v) is 2.79. The highest BCUT2D eigenvalue weighted by atomic mass is 35.5. The molecular weight excluding hydrogens is 197 g/mol. The third-order valence-corrected chi connectivity index (χ3v) is 1.76. The van der Waals surface area contributed by atoms with Crippen LogP contribution in [0.15, 0.2) is 12.1 Å². The molecule has 0 aliphatic heterocycles. The highest BCUT2D eigenvalue weighted by Gasteiger charge is 2.14. The molecule has 72 valence electrons. The molecular formula is C8H9ClFNO2. The van der Waals surface area contributed by atoms with Gasteiger partial charge in [-0.3, -0.25) is 0 Å². The van der Waals surface area contributed by atoms with E-state index < -0.39 is 12.8 Å². The van der Waals surface area contributed by atoms with Gasteiger partial charge in [-0.1, -0.05) is 11.6 Å². The quantitative estimate of drug-likeness (QED) is 0.765. The van der Waals surface area contributed by atoms with Crippen molar-refractivity contribution >= 4 is 11.6 Å². The van der Waals surface area contributed by atoms with Crippen molar-refractivity contribution in [1.82, 2.24) is 4.98 Å². The van der Waals surface area contributed by atoms with Gasteiger partial charge in [0.25, 0.3) is 0 Å². The molecule has 0 aromatic carbocycles. The van der Waals surface area contributed by atoms with E-state index in [0.29, 0.717) is 5.56 Å². The number of aliphatic hydroxyl groups is 1. The summed E-state index contributed by atoms with van der Waals surface area (Å²) in [7, 11) is 1.38. The van der Waals surface area contributed by atoms with Gasteiger partial charge in [-0.15, -0.1) is 0 Å². The molecule has 0 radical (unpaired) electrons. The average Bonchev–Trinajstić information content (AvgIpc) is 2.16. The smallest absolute Gasteiger partial charge is 0.220 e. The number of aromatic nitrogens is 1. The van der Waals surface area contributed by atoms with Crippen LogP contribution < -0.4 is 4.74 Å². The van der Waals surface area contributed by atoms with Gasteiger partial charge in [-0.25, -0.2) is 9.37 Å². The van der Waals surface area contributed by atoms with Gasteiger partial charge in [0.2, 0.25) is 5.88 Å². The van der Waals surface area contributed by atoms with Crippen LogP contribution in [0.5, 0.6) is 5.88 Å². The van der Waals surface area contributed by atoms with E-state index >= 15 is 0 Å². The maximum Gasteiger partial charge on any atom is 0.220 e. The molecule has 1 rings (SSSR count). The lowest BCUT2D eigenvalue weighted by atomic mass is 10.2. The topological polar surface area (TPSA) is 42.4 Å². The predicted octanol–water partition coefficient (Wildman–Crippen LogP) is 1.75. The zero-order valence-corrected chi connectivity index (χ0v) is 7.75. The number of hydrogen-bond donors (Lipinski definition) is 1. The SMILES string of the molecule is COc1nc(Cl)ccc1C(O)CF. The Balaban J connectivity index is 3.05. The summed E-state index contributed by atoms with van der Waals surface area (Å²) in [5, 5.41) is 9.44. The molecule has 1 heterocycles. The van der Waals surface area contributed by atoms with Crippen LogP contribution in [0.2, 0.25) is 5.15 Å². The van der Waals surface area contributed by atoms with Crippen LogP contribution in [0.1, 0.15) is 11.7 Å². The third-order valence-electron chi connectivity index (χ3n) is 1.55. The molecule has 0 saturated carbocycles. The normalized spacial score (nSPS) is 12.6. The second kappa shape index (κ2) is 4.39. The Labute approximate surface area is 80.1 Å². The molecule has 5 heteroatoms. The van der Waals surface area contributed by atoms with Crippen molar-refractivity contribution < 1.29 is 14.2 Å². The van der Waals surface area contributed by atoms with Crippen LogP contribution in [0.25, 0.3) is 0 Å². The minimum Gasteiger partial charge on any atom is -0.481 e. The summed E-state index contributed by atoms with van der Waals surface area (Å²) in [6, 6.07) is 2.96. The molecule has 1 atom stereocenters. The Kier molecular flexibility index (Phi) is 3.45. The molecule has 3 nitrogen and oxygen atoms in total. The Bertz CT molecular complexity index is 295. The number of pyridine rings is 1. The maximum absolute atomic E-state index is 12.1. The molecule has 0 aliphatic rings. The fraction of sp³-hybridized carbons (Fsp3) is 0.375. The highest BCUT2D eigenvalue weighted by molar-refractivity contribution is 6.29. The fourth-order valence-electron chi connectivity index (χ4n) is 0.929. The van der Waals surface area contributed by atoms with Crippen LogP contribution >= 0.6 is 11.6 Å². The number of rotatable bonds is 3. The van der Waals surface area contributed by atoms with Gasteiger partial charge < -0.3 is 9.84 Å². The zero-order chi connectivity index (χ0) is 9.84. The van der Waals surface area contributed by atoms with Crippen LogP contribution in [0.4, 0.5) is 4.39 Å². The van der Waals surface area contributed by atoms with Crippen molar-refractivity contribution in [3.63, 3.8) is 0 Å². The minimum absolute atomic E-state index is 0.151. The van der Waals surface area contributed by atoms with Gasteiger partial charge in [0.15, 0.2) is 0 Å². The van der Waals surface area contributed by atoms with Gasteiger partial charge in [-0.2, -0.15) is 0 Å². The van der Waals surface area contributed by atoms with E-state index in [9.17, 15) is 9.50 Å². The van der Waals surface area contributed by atoms with Gasteiger partial charge in [-0.05, 0) is 12.1 Å². The number of alkyl halides is 1. The lowest BCUT2D eigenvalue weighted by Gasteiger charge is -2.10. The lowest BCUT2D eigenvalue weighted by molar-refractivity contribution is 0.137. The van der Waals surface area contributed by atoms with E-state index in [1.165, 1.54) is 19.2 Å². The molecule has 0 bridgehead atoms. The molecule has 1 N–H and O–H groups in total. The number of nitrogens with zero attached hydrogens (tertiary/aromatic N) is 1. The summed E-state index contributed by atoms with van der Waals surface area (Å²) < 4.78 is 16.9. The summed E-state index contributed by atoms with van der Waals surface area (Å²) in [5.41, 5.74) is 0.300. The molecule has 0 spiro atoms. The van der Waals surface area contributed by atoms with E-state index in [0.717, 1.165) is 0 Å². The Morgan fingerprint density at radius 2 is 2.38 bits per heavy atom. The summed E-state index contributed by atoms with van der Waals surface area (Å²) in [6.07, 6.45) is -1.21. The van der Waals surface area contributed by atoms with E-state index in [1.54, 1.807) is 0 Å². The highest BCUT2D eigenvalue weighted by Crippen LogP contribution is 2.24. The minimum atomic E-state index is -1.21. The van der Waals surface area contributed by atoms with Gasteiger partial charge in [0.05, 0.1) is 7.11 Å².